The number of thiocarbonyl (C=S) groups is 1. The molecule has 5 heteroatoms. The first-order valence-corrected chi connectivity index (χ1v) is 10.1. The van der Waals surface area contributed by atoms with Crippen LogP contribution in [0.25, 0.3) is 0 Å². The van der Waals surface area contributed by atoms with Gasteiger partial charge < -0.3 is 15.5 Å². The second-order valence-electron chi connectivity index (χ2n) is 8.52. The van der Waals surface area contributed by atoms with E-state index >= 15 is 0 Å². The van der Waals surface area contributed by atoms with Crippen LogP contribution >= 0.6 is 12.2 Å². The summed E-state index contributed by atoms with van der Waals surface area (Å²) in [7, 11) is 0. The van der Waals surface area contributed by atoms with Crippen molar-refractivity contribution in [3.05, 3.63) is 0 Å². The fourth-order valence-corrected chi connectivity index (χ4v) is 4.38. The summed E-state index contributed by atoms with van der Waals surface area (Å²) in [6.07, 6.45) is 9.30. The fourth-order valence-electron chi connectivity index (χ4n) is 3.97. The van der Waals surface area contributed by atoms with Crippen LogP contribution in [0, 0.1) is 11.8 Å². The van der Waals surface area contributed by atoms with Crippen LogP contribution in [0.3, 0.4) is 0 Å². The number of nitrogens with zero attached hydrogens (tertiary/aromatic N) is 1. The first kappa shape index (κ1) is 19.5. The molecule has 1 aliphatic heterocycles. The average Bonchev–Trinajstić information content (AvgIpc) is 2.52. The number of carbonyl (C=O) groups excluding carboxylic acids is 1. The van der Waals surface area contributed by atoms with Crippen molar-refractivity contribution in [3.63, 3.8) is 0 Å². The van der Waals surface area contributed by atoms with Gasteiger partial charge in [-0.3, -0.25) is 4.79 Å². The summed E-state index contributed by atoms with van der Waals surface area (Å²) >= 11 is 5.26. The van der Waals surface area contributed by atoms with Crippen molar-refractivity contribution in [2.45, 2.75) is 77.7 Å². The summed E-state index contributed by atoms with van der Waals surface area (Å²) in [5, 5.41) is 7.17. The lowest BCUT2D eigenvalue weighted by Crippen LogP contribution is -2.46. The Morgan fingerprint density at radius 1 is 1.12 bits per heavy atom. The maximum atomic E-state index is 12.4. The Morgan fingerprint density at radius 3 is 2.54 bits per heavy atom. The molecule has 2 aliphatic rings. The van der Waals surface area contributed by atoms with Gasteiger partial charge in [-0.25, -0.2) is 0 Å². The van der Waals surface area contributed by atoms with Crippen LogP contribution in [0.4, 0.5) is 0 Å². The highest BCUT2D eigenvalue weighted by Gasteiger charge is 2.32. The van der Waals surface area contributed by atoms with E-state index in [2.05, 4.69) is 36.3 Å². The Bertz CT molecular complexity index is 433. The number of piperidine rings is 1. The molecule has 2 N–H and O–H groups in total. The molecule has 1 heterocycles. The molecule has 1 saturated heterocycles. The van der Waals surface area contributed by atoms with Crippen LogP contribution in [0.5, 0.6) is 0 Å². The third-order valence-corrected chi connectivity index (χ3v) is 5.48. The molecular formula is C19H35N3OS. The number of likely N-dealkylation sites (tertiary alicyclic amines) is 1. The summed E-state index contributed by atoms with van der Waals surface area (Å²) in [6, 6.07) is 0. The van der Waals surface area contributed by atoms with Crippen molar-refractivity contribution in [1.29, 1.82) is 0 Å². The Kier molecular flexibility index (Phi) is 7.33. The number of rotatable bonds is 5. The third kappa shape index (κ3) is 6.58. The van der Waals surface area contributed by atoms with Gasteiger partial charge in [-0.05, 0) is 70.5 Å². The molecule has 1 amide bonds. The molecule has 2 rings (SSSR count). The lowest BCUT2D eigenvalue weighted by molar-refractivity contribution is -0.134. The van der Waals surface area contributed by atoms with E-state index in [0.29, 0.717) is 17.4 Å². The summed E-state index contributed by atoms with van der Waals surface area (Å²) in [5.41, 5.74) is -0.00864. The number of hydrogen-bond acceptors (Lipinski definition) is 2. The zero-order chi connectivity index (χ0) is 17.6. The predicted molar refractivity (Wildman–Crippen MR) is 104 cm³/mol. The molecule has 24 heavy (non-hydrogen) atoms. The lowest BCUT2D eigenvalue weighted by Gasteiger charge is -2.41. The minimum Gasteiger partial charge on any atom is -0.363 e. The van der Waals surface area contributed by atoms with Crippen LogP contribution in [-0.4, -0.2) is 41.1 Å². The molecule has 138 valence electrons. The number of nitrogens with one attached hydrogen (secondary N) is 2. The second-order valence-corrected chi connectivity index (χ2v) is 8.93. The van der Waals surface area contributed by atoms with Gasteiger partial charge in [-0.1, -0.05) is 19.3 Å². The zero-order valence-electron chi connectivity index (χ0n) is 15.7. The second kappa shape index (κ2) is 9.02. The first-order chi connectivity index (χ1) is 11.3. The highest BCUT2D eigenvalue weighted by molar-refractivity contribution is 7.80. The predicted octanol–water partition coefficient (Wildman–Crippen LogP) is 3.46. The molecule has 0 aromatic rings. The van der Waals surface area contributed by atoms with Gasteiger partial charge in [0.25, 0.3) is 0 Å². The fraction of sp³-hybridized carbons (Fsp3) is 0.895. The molecule has 0 spiro atoms. The van der Waals surface area contributed by atoms with E-state index in [4.69, 9.17) is 12.2 Å². The highest BCUT2D eigenvalue weighted by atomic mass is 32.1. The van der Waals surface area contributed by atoms with E-state index in [9.17, 15) is 4.79 Å². The topological polar surface area (TPSA) is 44.4 Å². The standard InChI is InChI=1S/C19H35N3OS/c1-19(2,3)21-18(24)20-12-7-6-10-17(23)22-13-11-15-8-4-5-9-16(15)14-22/h15-16H,4-14H2,1-3H3,(H2,20,21,24). The molecule has 0 bridgehead atoms. The van der Waals surface area contributed by atoms with Crippen LogP contribution in [0.15, 0.2) is 0 Å². The monoisotopic (exact) mass is 353 g/mol. The Hall–Kier alpha value is -0.840. The van der Waals surface area contributed by atoms with Crippen molar-refractivity contribution in [1.82, 2.24) is 15.5 Å². The molecule has 0 radical (unpaired) electrons. The smallest absolute Gasteiger partial charge is 0.222 e. The summed E-state index contributed by atoms with van der Waals surface area (Å²) in [5.74, 6) is 2.02. The Labute approximate surface area is 153 Å². The number of hydrogen-bond donors (Lipinski definition) is 2. The van der Waals surface area contributed by atoms with E-state index in [1.807, 2.05) is 0 Å². The summed E-state index contributed by atoms with van der Waals surface area (Å²) in [6.45, 7) is 9.11. The van der Waals surface area contributed by atoms with Crippen molar-refractivity contribution < 1.29 is 4.79 Å². The zero-order valence-corrected chi connectivity index (χ0v) is 16.5. The van der Waals surface area contributed by atoms with Crippen molar-refractivity contribution in [2.24, 2.45) is 11.8 Å². The normalized spacial score (nSPS) is 24.2. The Morgan fingerprint density at radius 2 is 1.83 bits per heavy atom. The minimum atomic E-state index is -0.00864. The maximum absolute atomic E-state index is 12.4. The molecule has 1 aliphatic carbocycles. The van der Waals surface area contributed by atoms with Gasteiger partial charge in [0.15, 0.2) is 5.11 Å². The average molecular weight is 354 g/mol. The largest absolute Gasteiger partial charge is 0.363 e. The molecule has 1 saturated carbocycles. The molecule has 0 aromatic heterocycles. The van der Waals surface area contributed by atoms with E-state index in [0.717, 1.165) is 44.3 Å². The van der Waals surface area contributed by atoms with Crippen LogP contribution < -0.4 is 10.6 Å². The number of fused-ring (bicyclic) bond motifs is 1. The van der Waals surface area contributed by atoms with Gasteiger partial charge in [0.2, 0.25) is 5.91 Å². The number of carbonyl (C=O) groups is 1. The maximum Gasteiger partial charge on any atom is 0.222 e. The van der Waals surface area contributed by atoms with Crippen LogP contribution in [0.2, 0.25) is 0 Å². The molecule has 0 aromatic carbocycles. The SMILES string of the molecule is CC(C)(C)NC(=S)NCCCCC(=O)N1CCC2CCCCC2C1. The summed E-state index contributed by atoms with van der Waals surface area (Å²) in [4.78, 5) is 14.6. The third-order valence-electron chi connectivity index (χ3n) is 5.24. The van der Waals surface area contributed by atoms with E-state index < -0.39 is 0 Å². The van der Waals surface area contributed by atoms with E-state index in [1.165, 1.54) is 32.1 Å². The van der Waals surface area contributed by atoms with Gasteiger partial charge in [-0.2, -0.15) is 0 Å². The lowest BCUT2D eigenvalue weighted by atomic mass is 9.75. The summed E-state index contributed by atoms with van der Waals surface area (Å²) < 4.78 is 0. The quantitative estimate of drug-likeness (QED) is 0.587. The van der Waals surface area contributed by atoms with Crippen molar-refractivity contribution in [2.75, 3.05) is 19.6 Å². The van der Waals surface area contributed by atoms with Crippen molar-refractivity contribution >= 4 is 23.2 Å². The van der Waals surface area contributed by atoms with Gasteiger partial charge in [0.1, 0.15) is 0 Å². The molecule has 2 fully saturated rings. The molecule has 2 unspecified atom stereocenters. The molecular weight excluding hydrogens is 318 g/mol. The Balaban J connectivity index is 1.57. The van der Waals surface area contributed by atoms with Crippen molar-refractivity contribution in [3.8, 4) is 0 Å². The van der Waals surface area contributed by atoms with Crippen LogP contribution in [-0.2, 0) is 4.79 Å². The number of amides is 1. The minimum absolute atomic E-state index is 0.00864. The molecule has 4 nitrogen and oxygen atoms in total. The number of unbranched alkanes of at least 4 members (excludes halogenated alkanes) is 1. The van der Waals surface area contributed by atoms with E-state index in [-0.39, 0.29) is 5.54 Å². The molecule has 2 atom stereocenters. The first-order valence-electron chi connectivity index (χ1n) is 9.69. The van der Waals surface area contributed by atoms with Gasteiger partial charge in [0.05, 0.1) is 0 Å². The highest BCUT2D eigenvalue weighted by Crippen LogP contribution is 2.36. The van der Waals surface area contributed by atoms with E-state index in [1.54, 1.807) is 0 Å². The van der Waals surface area contributed by atoms with Gasteiger partial charge >= 0.3 is 0 Å². The van der Waals surface area contributed by atoms with Gasteiger partial charge in [-0.15, -0.1) is 0 Å². The van der Waals surface area contributed by atoms with Gasteiger partial charge in [0, 0.05) is 31.6 Å². The van der Waals surface area contributed by atoms with Crippen LogP contribution in [0.1, 0.15) is 72.1 Å².